The number of ether oxygens (including phenoxy) is 1. The summed E-state index contributed by atoms with van der Waals surface area (Å²) in [5.74, 6) is 0.702. The zero-order valence-electron chi connectivity index (χ0n) is 11.0. The molecule has 1 aliphatic rings. The molecule has 0 fully saturated rings. The van der Waals surface area contributed by atoms with Gasteiger partial charge in [0.2, 0.25) is 0 Å². The normalized spacial score (nSPS) is 13.6. The minimum absolute atomic E-state index is 0.0939. The Hall–Kier alpha value is -2.17. The van der Waals surface area contributed by atoms with E-state index in [1.165, 1.54) is 0 Å². The van der Waals surface area contributed by atoms with Crippen molar-refractivity contribution < 1.29 is 9.53 Å². The second-order valence-electron chi connectivity index (χ2n) is 4.38. The molecule has 5 nitrogen and oxygen atoms in total. The van der Waals surface area contributed by atoms with Gasteiger partial charge in [-0.3, -0.25) is 10.2 Å². The second-order valence-corrected chi connectivity index (χ2v) is 4.38. The van der Waals surface area contributed by atoms with Gasteiger partial charge in [0, 0.05) is 11.4 Å². The van der Waals surface area contributed by atoms with Gasteiger partial charge in [-0.2, -0.15) is 0 Å². The van der Waals surface area contributed by atoms with Gasteiger partial charge in [-0.25, -0.2) is 0 Å². The fourth-order valence-electron chi connectivity index (χ4n) is 1.87. The third-order valence-electron chi connectivity index (χ3n) is 2.95. The summed E-state index contributed by atoms with van der Waals surface area (Å²) < 4.78 is 5.07. The monoisotopic (exact) mass is 261 g/mol. The van der Waals surface area contributed by atoms with Crippen LogP contribution in [0.4, 0.5) is 5.69 Å². The summed E-state index contributed by atoms with van der Waals surface area (Å²) in [5.41, 5.74) is 7.59. The van der Waals surface area contributed by atoms with Crippen LogP contribution in [0.3, 0.4) is 0 Å². The molecule has 0 spiro atoms. The summed E-state index contributed by atoms with van der Waals surface area (Å²) in [6, 6.07) is 7.45. The molecule has 1 aromatic carbocycles. The maximum Gasteiger partial charge on any atom is 0.257 e. The van der Waals surface area contributed by atoms with E-state index in [1.54, 1.807) is 7.11 Å². The van der Waals surface area contributed by atoms with Crippen LogP contribution in [-0.4, -0.2) is 19.6 Å². The fourth-order valence-corrected chi connectivity index (χ4v) is 1.87. The first kappa shape index (κ1) is 13.3. The maximum atomic E-state index is 11.6. The van der Waals surface area contributed by atoms with E-state index in [4.69, 9.17) is 4.74 Å². The highest BCUT2D eigenvalue weighted by Crippen LogP contribution is 2.15. The summed E-state index contributed by atoms with van der Waals surface area (Å²) in [5, 5.41) is 3.04. The molecule has 0 saturated carbocycles. The Kier molecular flexibility index (Phi) is 4.66. The Labute approximate surface area is 113 Å². The molecule has 0 aliphatic heterocycles. The van der Waals surface area contributed by atoms with Crippen molar-refractivity contribution in [2.24, 2.45) is 0 Å². The number of hydrogen-bond acceptors (Lipinski definition) is 4. The first-order chi connectivity index (χ1) is 9.28. The fraction of sp³-hybridized carbons (Fsp3) is 0.357. The van der Waals surface area contributed by atoms with Crippen LogP contribution in [-0.2, 0) is 4.79 Å². The van der Waals surface area contributed by atoms with E-state index in [-0.39, 0.29) is 12.5 Å². The number of amides is 1. The summed E-state index contributed by atoms with van der Waals surface area (Å²) in [6.07, 6.45) is 5.36. The number of rotatable bonds is 6. The van der Waals surface area contributed by atoms with Crippen LogP contribution in [0, 0.1) is 0 Å². The highest BCUT2D eigenvalue weighted by Gasteiger charge is 2.05. The molecule has 0 heterocycles. The number of carbonyl (C=O) groups excluding carboxylic acids is 1. The molecule has 0 atom stereocenters. The SMILES string of the molecule is COc1ccc(NCC(=O)NNC2=CCCC2)cc1. The molecule has 2 rings (SSSR count). The number of anilines is 1. The van der Waals surface area contributed by atoms with E-state index in [0.29, 0.717) is 0 Å². The molecule has 1 aromatic rings. The lowest BCUT2D eigenvalue weighted by Gasteiger charge is -2.10. The number of nitrogens with one attached hydrogen (secondary N) is 3. The number of methoxy groups -OCH3 is 1. The van der Waals surface area contributed by atoms with Gasteiger partial charge in [-0.15, -0.1) is 0 Å². The highest BCUT2D eigenvalue weighted by molar-refractivity contribution is 5.80. The molecule has 0 bridgehead atoms. The van der Waals surface area contributed by atoms with Crippen LogP contribution in [0.5, 0.6) is 5.75 Å². The van der Waals surface area contributed by atoms with Crippen molar-refractivity contribution in [1.82, 2.24) is 10.9 Å². The van der Waals surface area contributed by atoms with Crippen molar-refractivity contribution in [1.29, 1.82) is 0 Å². The lowest BCUT2D eigenvalue weighted by molar-refractivity contribution is -0.120. The standard InChI is InChI=1S/C14H19N3O2/c1-19-13-8-6-11(7-9-13)15-10-14(18)17-16-12-4-2-3-5-12/h4,6-9,15-16H,2-3,5,10H2,1H3,(H,17,18). The van der Waals surface area contributed by atoms with Crippen molar-refractivity contribution in [2.75, 3.05) is 19.0 Å². The van der Waals surface area contributed by atoms with Gasteiger partial charge < -0.3 is 15.5 Å². The summed E-state index contributed by atoms with van der Waals surface area (Å²) >= 11 is 0. The third kappa shape index (κ3) is 4.21. The minimum atomic E-state index is -0.0939. The molecule has 5 heteroatoms. The Morgan fingerprint density at radius 2 is 2.11 bits per heavy atom. The zero-order chi connectivity index (χ0) is 13.5. The van der Waals surface area contributed by atoms with Crippen LogP contribution in [0.1, 0.15) is 19.3 Å². The topological polar surface area (TPSA) is 62.4 Å². The molecule has 0 radical (unpaired) electrons. The predicted molar refractivity (Wildman–Crippen MR) is 74.7 cm³/mol. The number of hydrogen-bond donors (Lipinski definition) is 3. The quantitative estimate of drug-likeness (QED) is 0.683. The van der Waals surface area contributed by atoms with E-state index in [2.05, 4.69) is 22.2 Å². The van der Waals surface area contributed by atoms with E-state index in [0.717, 1.165) is 36.4 Å². The molecule has 1 aliphatic carbocycles. The molecule has 0 unspecified atom stereocenters. The molecule has 0 saturated heterocycles. The first-order valence-corrected chi connectivity index (χ1v) is 6.40. The molecular weight excluding hydrogens is 242 g/mol. The molecule has 0 aromatic heterocycles. The van der Waals surface area contributed by atoms with Crippen molar-refractivity contribution in [3.63, 3.8) is 0 Å². The Balaban J connectivity index is 1.70. The van der Waals surface area contributed by atoms with Gasteiger partial charge in [-0.1, -0.05) is 6.08 Å². The number of carbonyl (C=O) groups is 1. The van der Waals surface area contributed by atoms with Gasteiger partial charge in [-0.05, 0) is 43.5 Å². The smallest absolute Gasteiger partial charge is 0.257 e. The number of benzene rings is 1. The van der Waals surface area contributed by atoms with Gasteiger partial charge in [0.05, 0.1) is 13.7 Å². The van der Waals surface area contributed by atoms with Crippen LogP contribution < -0.4 is 20.9 Å². The van der Waals surface area contributed by atoms with Crippen molar-refractivity contribution in [3.8, 4) is 5.75 Å². The lowest BCUT2D eigenvalue weighted by Crippen LogP contribution is -2.39. The molecule has 102 valence electrons. The molecule has 1 amide bonds. The van der Waals surface area contributed by atoms with Crippen LogP contribution >= 0.6 is 0 Å². The third-order valence-corrected chi connectivity index (χ3v) is 2.95. The number of hydrazine groups is 1. The molecule has 19 heavy (non-hydrogen) atoms. The average molecular weight is 261 g/mol. The van der Waals surface area contributed by atoms with Crippen molar-refractivity contribution in [3.05, 3.63) is 36.0 Å². The average Bonchev–Trinajstić information content (AvgIpc) is 2.96. The predicted octanol–water partition coefficient (Wildman–Crippen LogP) is 1.80. The largest absolute Gasteiger partial charge is 0.497 e. The maximum absolute atomic E-state index is 11.6. The van der Waals surface area contributed by atoms with Crippen molar-refractivity contribution in [2.45, 2.75) is 19.3 Å². The van der Waals surface area contributed by atoms with Crippen LogP contribution in [0.2, 0.25) is 0 Å². The van der Waals surface area contributed by atoms with Gasteiger partial charge in [0.25, 0.3) is 5.91 Å². The summed E-state index contributed by atoms with van der Waals surface area (Å²) in [4.78, 5) is 11.6. The van der Waals surface area contributed by atoms with Crippen LogP contribution in [0.25, 0.3) is 0 Å². The summed E-state index contributed by atoms with van der Waals surface area (Å²) in [7, 11) is 1.62. The van der Waals surface area contributed by atoms with Crippen molar-refractivity contribution >= 4 is 11.6 Å². The molecule has 3 N–H and O–H groups in total. The van der Waals surface area contributed by atoms with Gasteiger partial charge >= 0.3 is 0 Å². The first-order valence-electron chi connectivity index (χ1n) is 6.40. The van der Waals surface area contributed by atoms with Crippen LogP contribution in [0.15, 0.2) is 36.0 Å². The van der Waals surface area contributed by atoms with E-state index in [9.17, 15) is 4.79 Å². The van der Waals surface area contributed by atoms with E-state index >= 15 is 0 Å². The second kappa shape index (κ2) is 6.68. The molecular formula is C14H19N3O2. The minimum Gasteiger partial charge on any atom is -0.497 e. The zero-order valence-corrected chi connectivity index (χ0v) is 11.0. The summed E-state index contributed by atoms with van der Waals surface area (Å²) in [6.45, 7) is 0.229. The Morgan fingerprint density at radius 1 is 1.32 bits per heavy atom. The van der Waals surface area contributed by atoms with E-state index < -0.39 is 0 Å². The number of allylic oxidation sites excluding steroid dienone is 2. The van der Waals surface area contributed by atoms with Gasteiger partial charge in [0.15, 0.2) is 0 Å². The van der Waals surface area contributed by atoms with E-state index in [1.807, 2.05) is 24.3 Å². The highest BCUT2D eigenvalue weighted by atomic mass is 16.5. The Bertz CT molecular complexity index is 454. The lowest BCUT2D eigenvalue weighted by atomic mass is 10.3. The van der Waals surface area contributed by atoms with Gasteiger partial charge in [0.1, 0.15) is 5.75 Å². The Morgan fingerprint density at radius 3 is 2.74 bits per heavy atom.